The highest BCUT2D eigenvalue weighted by atomic mass is 32.1. The molecule has 0 aliphatic heterocycles. The molecule has 0 saturated carbocycles. The van der Waals surface area contributed by atoms with E-state index in [1.54, 1.807) is 10.8 Å². The van der Waals surface area contributed by atoms with E-state index in [2.05, 4.69) is 18.8 Å². The maximum Gasteiger partial charge on any atom is 0.331 e. The maximum absolute atomic E-state index is 12.4. The number of nitrogens with zero attached hydrogens (tertiary/aromatic N) is 3. The van der Waals surface area contributed by atoms with Crippen LogP contribution < -0.4 is 11.2 Å². The molecule has 3 aromatic rings. The third kappa shape index (κ3) is 2.99. The third-order valence-electron chi connectivity index (χ3n) is 3.69. The van der Waals surface area contributed by atoms with E-state index in [1.807, 2.05) is 24.3 Å². The van der Waals surface area contributed by atoms with Gasteiger partial charge in [0.25, 0.3) is 5.56 Å². The van der Waals surface area contributed by atoms with Crippen LogP contribution in [0.1, 0.15) is 24.4 Å². The van der Waals surface area contributed by atoms with Crippen molar-refractivity contribution in [1.29, 1.82) is 0 Å². The number of thiophene rings is 1. The Morgan fingerprint density at radius 3 is 2.70 bits per heavy atom. The fourth-order valence-electron chi connectivity index (χ4n) is 2.62. The summed E-state index contributed by atoms with van der Waals surface area (Å²) >= 11 is 1.51. The normalized spacial score (nSPS) is 11.5. The Balaban J connectivity index is 2.16. The van der Waals surface area contributed by atoms with E-state index in [4.69, 9.17) is 0 Å². The maximum atomic E-state index is 12.4. The third-order valence-corrected chi connectivity index (χ3v) is 4.85. The molecule has 0 aliphatic rings. The highest BCUT2D eigenvalue weighted by Crippen LogP contribution is 2.24. The second-order valence-electron chi connectivity index (χ2n) is 6.08. The summed E-state index contributed by atoms with van der Waals surface area (Å²) in [5, 5.41) is 0.615. The summed E-state index contributed by atoms with van der Waals surface area (Å²) in [6.45, 7) is 4.73. The lowest BCUT2D eigenvalue weighted by Gasteiger charge is -2.11. The van der Waals surface area contributed by atoms with Crippen LogP contribution in [0.3, 0.4) is 0 Å². The minimum atomic E-state index is -0.248. The standard InChI is InChI=1S/C17H19N3O2S/c1-11(2)10-20-16-14(15(21)19(3)17(20)22)9-13(23-16)8-12-6-4-5-7-18-12/h4-7,9,11H,8,10H2,1-3H3. The van der Waals surface area contributed by atoms with Crippen molar-refractivity contribution in [3.8, 4) is 0 Å². The monoisotopic (exact) mass is 329 g/mol. The molecule has 0 unspecified atom stereocenters. The average molecular weight is 329 g/mol. The number of pyridine rings is 1. The summed E-state index contributed by atoms with van der Waals surface area (Å²) in [5.74, 6) is 0.328. The lowest BCUT2D eigenvalue weighted by atomic mass is 10.2. The summed E-state index contributed by atoms with van der Waals surface area (Å²) in [5.41, 5.74) is 0.476. The minimum Gasteiger partial charge on any atom is -0.284 e. The Labute approximate surface area is 137 Å². The first-order chi connectivity index (χ1) is 11.0. The van der Waals surface area contributed by atoms with Crippen LogP contribution in [0.5, 0.6) is 0 Å². The van der Waals surface area contributed by atoms with Crippen LogP contribution in [0.25, 0.3) is 10.2 Å². The molecule has 0 radical (unpaired) electrons. The topological polar surface area (TPSA) is 56.9 Å². The Hall–Kier alpha value is -2.21. The molecule has 3 aromatic heterocycles. The first-order valence-electron chi connectivity index (χ1n) is 7.59. The van der Waals surface area contributed by atoms with Crippen LogP contribution in [0.15, 0.2) is 40.1 Å². The van der Waals surface area contributed by atoms with Gasteiger partial charge in [-0.15, -0.1) is 11.3 Å². The summed E-state index contributed by atoms with van der Waals surface area (Å²) in [6.07, 6.45) is 2.43. The number of fused-ring (bicyclic) bond motifs is 1. The summed E-state index contributed by atoms with van der Waals surface area (Å²) in [6, 6.07) is 7.69. The highest BCUT2D eigenvalue weighted by Gasteiger charge is 2.15. The molecule has 3 heterocycles. The zero-order valence-electron chi connectivity index (χ0n) is 13.4. The lowest BCUT2D eigenvalue weighted by Crippen LogP contribution is -2.38. The second kappa shape index (κ2) is 6.12. The average Bonchev–Trinajstić information content (AvgIpc) is 2.94. The highest BCUT2D eigenvalue weighted by molar-refractivity contribution is 7.18. The lowest BCUT2D eigenvalue weighted by molar-refractivity contribution is 0.504. The molecule has 120 valence electrons. The van der Waals surface area contributed by atoms with Gasteiger partial charge in [-0.05, 0) is 24.1 Å². The molecule has 0 atom stereocenters. The number of aromatic nitrogens is 3. The van der Waals surface area contributed by atoms with Gasteiger partial charge < -0.3 is 0 Å². The van der Waals surface area contributed by atoms with E-state index in [-0.39, 0.29) is 11.2 Å². The molecule has 23 heavy (non-hydrogen) atoms. The quantitative estimate of drug-likeness (QED) is 0.738. The smallest absolute Gasteiger partial charge is 0.284 e. The van der Waals surface area contributed by atoms with Gasteiger partial charge in [0.15, 0.2) is 0 Å². The molecular weight excluding hydrogens is 310 g/mol. The molecule has 0 aliphatic carbocycles. The van der Waals surface area contributed by atoms with Crippen LogP contribution in [0, 0.1) is 5.92 Å². The van der Waals surface area contributed by atoms with Gasteiger partial charge >= 0.3 is 5.69 Å². The van der Waals surface area contributed by atoms with Gasteiger partial charge in [-0.3, -0.25) is 18.9 Å². The molecule has 0 amide bonds. The molecular formula is C17H19N3O2S. The Kier molecular flexibility index (Phi) is 4.17. The number of hydrogen-bond donors (Lipinski definition) is 0. The van der Waals surface area contributed by atoms with Gasteiger partial charge in [0.2, 0.25) is 0 Å². The number of rotatable bonds is 4. The van der Waals surface area contributed by atoms with Crippen LogP contribution in [-0.2, 0) is 20.0 Å². The molecule has 0 aromatic carbocycles. The van der Waals surface area contributed by atoms with Crippen LogP contribution >= 0.6 is 11.3 Å². The molecule has 6 heteroatoms. The zero-order valence-corrected chi connectivity index (χ0v) is 14.3. The Morgan fingerprint density at radius 2 is 2.04 bits per heavy atom. The summed E-state index contributed by atoms with van der Waals surface area (Å²) in [7, 11) is 1.54. The zero-order chi connectivity index (χ0) is 16.6. The van der Waals surface area contributed by atoms with E-state index in [9.17, 15) is 9.59 Å². The molecule has 0 bridgehead atoms. The second-order valence-corrected chi connectivity index (χ2v) is 7.20. The molecule has 3 rings (SSSR count). The molecule has 0 saturated heterocycles. The molecule has 0 spiro atoms. The largest absolute Gasteiger partial charge is 0.331 e. The van der Waals surface area contributed by atoms with E-state index < -0.39 is 0 Å². The first kappa shape index (κ1) is 15.7. The fraction of sp³-hybridized carbons (Fsp3) is 0.353. The van der Waals surface area contributed by atoms with Crippen molar-refractivity contribution in [3.63, 3.8) is 0 Å². The van der Waals surface area contributed by atoms with Crippen molar-refractivity contribution in [3.05, 3.63) is 61.9 Å². The molecule has 5 nitrogen and oxygen atoms in total. The Morgan fingerprint density at radius 1 is 1.26 bits per heavy atom. The van der Waals surface area contributed by atoms with Gasteiger partial charge in [-0.1, -0.05) is 19.9 Å². The van der Waals surface area contributed by atoms with Crippen LogP contribution in [0.2, 0.25) is 0 Å². The number of hydrogen-bond acceptors (Lipinski definition) is 4. The van der Waals surface area contributed by atoms with Crippen molar-refractivity contribution in [1.82, 2.24) is 14.1 Å². The minimum absolute atomic E-state index is 0.228. The van der Waals surface area contributed by atoms with Crippen molar-refractivity contribution in [2.75, 3.05) is 0 Å². The fourth-order valence-corrected chi connectivity index (χ4v) is 3.78. The van der Waals surface area contributed by atoms with Crippen molar-refractivity contribution < 1.29 is 0 Å². The van der Waals surface area contributed by atoms with Gasteiger partial charge in [-0.2, -0.15) is 0 Å². The summed E-state index contributed by atoms with van der Waals surface area (Å²) in [4.78, 5) is 31.0. The van der Waals surface area contributed by atoms with E-state index in [0.29, 0.717) is 24.3 Å². The van der Waals surface area contributed by atoms with Crippen molar-refractivity contribution in [2.24, 2.45) is 13.0 Å². The van der Waals surface area contributed by atoms with Gasteiger partial charge in [-0.25, -0.2) is 4.79 Å². The first-order valence-corrected chi connectivity index (χ1v) is 8.41. The SMILES string of the molecule is CC(C)Cn1c(=O)n(C)c(=O)c2cc(Cc3ccccn3)sc21. The molecule has 0 fully saturated rings. The van der Waals surface area contributed by atoms with Gasteiger partial charge in [0.05, 0.1) is 5.39 Å². The van der Waals surface area contributed by atoms with Crippen LogP contribution in [0.4, 0.5) is 0 Å². The van der Waals surface area contributed by atoms with Gasteiger partial charge in [0.1, 0.15) is 4.83 Å². The molecule has 0 N–H and O–H groups in total. The van der Waals surface area contributed by atoms with Gasteiger partial charge in [0, 0.05) is 36.8 Å². The van der Waals surface area contributed by atoms with E-state index in [1.165, 1.54) is 23.0 Å². The van der Waals surface area contributed by atoms with Crippen molar-refractivity contribution >= 4 is 21.6 Å². The van der Waals surface area contributed by atoms with Crippen molar-refractivity contribution in [2.45, 2.75) is 26.8 Å². The predicted octanol–water partition coefficient (Wildman–Crippen LogP) is 2.40. The van der Waals surface area contributed by atoms with E-state index >= 15 is 0 Å². The van der Waals surface area contributed by atoms with E-state index in [0.717, 1.165) is 15.4 Å². The van der Waals surface area contributed by atoms with Crippen LogP contribution in [-0.4, -0.2) is 14.1 Å². The predicted molar refractivity (Wildman–Crippen MR) is 93.2 cm³/mol. The Bertz CT molecular complexity index is 952. The summed E-state index contributed by atoms with van der Waals surface area (Å²) < 4.78 is 2.91.